The minimum absolute atomic E-state index is 0.000357. The third kappa shape index (κ3) is 5.09. The summed E-state index contributed by atoms with van der Waals surface area (Å²) in [6.45, 7) is 2.53. The van der Waals surface area contributed by atoms with E-state index in [9.17, 15) is 14.7 Å². The molecular weight excluding hydrogens is 377 g/mol. The summed E-state index contributed by atoms with van der Waals surface area (Å²) in [5, 5.41) is 12.3. The lowest BCUT2D eigenvalue weighted by atomic mass is 9.93. The van der Waals surface area contributed by atoms with E-state index < -0.39 is 11.9 Å². The Hall–Kier alpha value is -3.54. The molecule has 0 heterocycles. The van der Waals surface area contributed by atoms with Crippen molar-refractivity contribution in [1.82, 2.24) is 0 Å². The number of benzene rings is 3. The summed E-state index contributed by atoms with van der Waals surface area (Å²) >= 11 is 0. The molecule has 2 N–H and O–H groups in total. The minimum Gasteiger partial charge on any atom is -0.493 e. The van der Waals surface area contributed by atoms with E-state index in [1.165, 1.54) is 12.1 Å². The zero-order chi connectivity index (χ0) is 21.5. The van der Waals surface area contributed by atoms with Crippen molar-refractivity contribution in [3.8, 4) is 16.9 Å². The van der Waals surface area contributed by atoms with E-state index in [4.69, 9.17) is 12.6 Å². The highest BCUT2D eigenvalue weighted by atomic mass is 16.5. The molecule has 3 aromatic carbocycles. The topological polar surface area (TPSA) is 75.6 Å². The predicted molar refractivity (Wildman–Crippen MR) is 119 cm³/mol. The fourth-order valence-electron chi connectivity index (χ4n) is 3.01. The molecular formula is C24H22BNO4. The van der Waals surface area contributed by atoms with Crippen molar-refractivity contribution in [2.24, 2.45) is 0 Å². The highest BCUT2D eigenvalue weighted by Crippen LogP contribution is 2.27. The number of amides is 1. The Morgan fingerprint density at radius 2 is 1.73 bits per heavy atom. The number of unbranched alkanes of at least 4 members (excludes halogenated alkanes) is 1. The van der Waals surface area contributed by atoms with Crippen molar-refractivity contribution in [1.29, 1.82) is 0 Å². The molecule has 30 heavy (non-hydrogen) atoms. The molecule has 0 spiro atoms. The van der Waals surface area contributed by atoms with Gasteiger partial charge in [-0.3, -0.25) is 4.79 Å². The molecule has 5 nitrogen and oxygen atoms in total. The Morgan fingerprint density at radius 1 is 0.967 bits per heavy atom. The molecule has 0 unspecified atom stereocenters. The van der Waals surface area contributed by atoms with Gasteiger partial charge < -0.3 is 15.2 Å². The average molecular weight is 399 g/mol. The summed E-state index contributed by atoms with van der Waals surface area (Å²) in [7, 11) is 5.86. The second kappa shape index (κ2) is 9.79. The number of carbonyl (C=O) groups is 2. The fraction of sp³-hybridized carbons (Fsp3) is 0.167. The zero-order valence-corrected chi connectivity index (χ0v) is 16.7. The standard InChI is InChI=1S/C24H22BNO4/c1-2-3-13-30-22-12-10-18(25)15-20(22)23(27)26-21-14-17(9-11-19(21)24(28)29)16-7-5-4-6-8-16/h4-12,14-15H,2-3,13H2,1H3,(H,26,27)(H,28,29). The summed E-state index contributed by atoms with van der Waals surface area (Å²) in [5.41, 5.74) is 2.59. The van der Waals surface area contributed by atoms with Crippen molar-refractivity contribution in [3.63, 3.8) is 0 Å². The van der Waals surface area contributed by atoms with Gasteiger partial charge in [0.2, 0.25) is 0 Å². The van der Waals surface area contributed by atoms with E-state index in [1.807, 2.05) is 37.3 Å². The Labute approximate surface area is 177 Å². The maximum absolute atomic E-state index is 13.0. The monoisotopic (exact) mass is 399 g/mol. The van der Waals surface area contributed by atoms with Gasteiger partial charge in [0.1, 0.15) is 13.6 Å². The van der Waals surface area contributed by atoms with E-state index in [1.54, 1.807) is 24.3 Å². The van der Waals surface area contributed by atoms with Crippen LogP contribution in [0.1, 0.15) is 40.5 Å². The smallest absolute Gasteiger partial charge is 0.337 e. The van der Waals surface area contributed by atoms with Crippen LogP contribution in [0.2, 0.25) is 0 Å². The Bertz CT molecular complexity index is 1050. The van der Waals surface area contributed by atoms with Crippen LogP contribution in [0.25, 0.3) is 11.1 Å². The lowest BCUT2D eigenvalue weighted by molar-refractivity contribution is 0.0698. The van der Waals surface area contributed by atoms with Gasteiger partial charge in [0, 0.05) is 0 Å². The Balaban J connectivity index is 1.94. The number of rotatable bonds is 8. The summed E-state index contributed by atoms with van der Waals surface area (Å²) in [4.78, 5) is 24.7. The van der Waals surface area contributed by atoms with Crippen LogP contribution < -0.4 is 15.5 Å². The van der Waals surface area contributed by atoms with E-state index >= 15 is 0 Å². The van der Waals surface area contributed by atoms with Gasteiger partial charge in [0.05, 0.1) is 23.4 Å². The number of aromatic carboxylic acids is 1. The van der Waals surface area contributed by atoms with Crippen molar-refractivity contribution >= 4 is 30.9 Å². The second-order valence-corrected chi connectivity index (χ2v) is 6.84. The van der Waals surface area contributed by atoms with Crippen molar-refractivity contribution in [3.05, 3.63) is 77.9 Å². The lowest BCUT2D eigenvalue weighted by Crippen LogP contribution is -2.18. The molecule has 2 radical (unpaired) electrons. The molecule has 6 heteroatoms. The van der Waals surface area contributed by atoms with Gasteiger partial charge in [-0.05, 0) is 35.7 Å². The molecule has 0 atom stereocenters. The molecule has 0 saturated heterocycles. The normalized spacial score (nSPS) is 10.4. The van der Waals surface area contributed by atoms with Gasteiger partial charge in [0.15, 0.2) is 0 Å². The third-order valence-electron chi connectivity index (χ3n) is 4.61. The number of ether oxygens (including phenoxy) is 1. The Morgan fingerprint density at radius 3 is 2.43 bits per heavy atom. The zero-order valence-electron chi connectivity index (χ0n) is 16.7. The summed E-state index contributed by atoms with van der Waals surface area (Å²) in [6.07, 6.45) is 1.82. The van der Waals surface area contributed by atoms with Crippen LogP contribution in [-0.4, -0.2) is 31.4 Å². The third-order valence-corrected chi connectivity index (χ3v) is 4.61. The maximum atomic E-state index is 13.0. The van der Waals surface area contributed by atoms with Crippen LogP contribution in [0.5, 0.6) is 5.75 Å². The molecule has 3 rings (SSSR count). The van der Waals surface area contributed by atoms with E-state index in [0.29, 0.717) is 17.8 Å². The van der Waals surface area contributed by atoms with Gasteiger partial charge in [-0.15, -0.1) is 0 Å². The van der Waals surface area contributed by atoms with E-state index in [0.717, 1.165) is 24.0 Å². The van der Waals surface area contributed by atoms with Gasteiger partial charge in [0.25, 0.3) is 5.91 Å². The quantitative estimate of drug-likeness (QED) is 0.438. The first-order chi connectivity index (χ1) is 14.5. The van der Waals surface area contributed by atoms with Crippen molar-refractivity contribution in [2.45, 2.75) is 19.8 Å². The van der Waals surface area contributed by atoms with Crippen molar-refractivity contribution in [2.75, 3.05) is 11.9 Å². The summed E-state index contributed by atoms with van der Waals surface area (Å²) < 4.78 is 5.73. The maximum Gasteiger partial charge on any atom is 0.337 e. The molecule has 150 valence electrons. The number of anilines is 1. The number of carboxylic acid groups (broad SMARTS) is 1. The summed E-state index contributed by atoms with van der Waals surface area (Å²) in [5.74, 6) is -1.20. The molecule has 0 aromatic heterocycles. The first kappa shape index (κ1) is 21.2. The molecule has 0 fully saturated rings. The summed E-state index contributed by atoms with van der Waals surface area (Å²) in [6, 6.07) is 19.2. The molecule has 0 saturated carbocycles. The van der Waals surface area contributed by atoms with Crippen LogP contribution in [0.4, 0.5) is 5.69 Å². The Kier molecular flexibility index (Phi) is 6.91. The van der Waals surface area contributed by atoms with Crippen LogP contribution in [0.3, 0.4) is 0 Å². The van der Waals surface area contributed by atoms with Crippen LogP contribution in [0, 0.1) is 0 Å². The number of carboxylic acids is 1. The molecule has 1 amide bonds. The highest BCUT2D eigenvalue weighted by molar-refractivity contribution is 6.33. The molecule has 0 aliphatic heterocycles. The van der Waals surface area contributed by atoms with Crippen LogP contribution in [-0.2, 0) is 0 Å². The first-order valence-corrected chi connectivity index (χ1v) is 9.76. The van der Waals surface area contributed by atoms with Gasteiger partial charge in [-0.25, -0.2) is 4.79 Å². The number of hydrogen-bond acceptors (Lipinski definition) is 3. The molecule has 0 aliphatic rings. The SMILES string of the molecule is [B]c1ccc(OCCCC)c(C(=O)Nc2cc(-c3ccccc3)ccc2C(=O)O)c1. The molecule has 0 aliphatic carbocycles. The average Bonchev–Trinajstić information content (AvgIpc) is 2.75. The number of carbonyl (C=O) groups excluding carboxylic acids is 1. The van der Waals surface area contributed by atoms with Gasteiger partial charge in [-0.1, -0.05) is 67.3 Å². The van der Waals surface area contributed by atoms with Gasteiger partial charge >= 0.3 is 5.97 Å². The largest absolute Gasteiger partial charge is 0.493 e. The molecule has 0 bridgehead atoms. The molecule has 3 aromatic rings. The number of nitrogens with one attached hydrogen (secondary N) is 1. The van der Waals surface area contributed by atoms with Crippen molar-refractivity contribution < 1.29 is 19.4 Å². The predicted octanol–water partition coefficient (Wildman–Crippen LogP) is 4.28. The second-order valence-electron chi connectivity index (χ2n) is 6.84. The fourth-order valence-corrected chi connectivity index (χ4v) is 3.01. The van der Waals surface area contributed by atoms with Crippen LogP contribution in [0.15, 0.2) is 66.7 Å². The van der Waals surface area contributed by atoms with E-state index in [-0.39, 0.29) is 16.8 Å². The minimum atomic E-state index is -1.13. The first-order valence-electron chi connectivity index (χ1n) is 9.76. The van der Waals surface area contributed by atoms with Gasteiger partial charge in [-0.2, -0.15) is 0 Å². The lowest BCUT2D eigenvalue weighted by Gasteiger charge is -2.14. The highest BCUT2D eigenvalue weighted by Gasteiger charge is 2.18. The van der Waals surface area contributed by atoms with E-state index in [2.05, 4.69) is 5.32 Å². The van der Waals surface area contributed by atoms with Crippen LogP contribution >= 0.6 is 0 Å². The number of hydrogen-bond donors (Lipinski definition) is 2.